The fourth-order valence-electron chi connectivity index (χ4n) is 3.30. The van der Waals surface area contributed by atoms with E-state index >= 15 is 0 Å². The Hall–Kier alpha value is -2.91. The molecule has 0 atom stereocenters. The number of rotatable bonds is 6. The second kappa shape index (κ2) is 8.68. The van der Waals surface area contributed by atoms with Crippen LogP contribution >= 0.6 is 11.6 Å². The van der Waals surface area contributed by atoms with Gasteiger partial charge in [-0.3, -0.25) is 4.72 Å². The molecule has 1 fully saturated rings. The van der Waals surface area contributed by atoms with Crippen molar-refractivity contribution in [2.45, 2.75) is 24.7 Å². The predicted molar refractivity (Wildman–Crippen MR) is 120 cm³/mol. The number of aromatic nitrogens is 2. The van der Waals surface area contributed by atoms with E-state index < -0.39 is 15.8 Å². The Bertz CT molecular complexity index is 1200. The first-order valence-electron chi connectivity index (χ1n) is 9.76. The zero-order valence-corrected chi connectivity index (χ0v) is 18.3. The van der Waals surface area contributed by atoms with Gasteiger partial charge in [0, 0.05) is 36.2 Å². The fraction of sp³-hybridized carbons (Fsp3) is 0.238. The zero-order valence-electron chi connectivity index (χ0n) is 16.8. The molecule has 10 heteroatoms. The van der Waals surface area contributed by atoms with E-state index in [1.807, 2.05) is 13.0 Å². The van der Waals surface area contributed by atoms with Crippen molar-refractivity contribution in [2.24, 2.45) is 0 Å². The van der Waals surface area contributed by atoms with Gasteiger partial charge in [-0.05, 0) is 62.2 Å². The summed E-state index contributed by atoms with van der Waals surface area (Å²) in [7, 11) is -3.89. The number of sulfonamides is 1. The smallest absolute Gasteiger partial charge is 0.261 e. The zero-order chi connectivity index (χ0) is 22.0. The summed E-state index contributed by atoms with van der Waals surface area (Å²) >= 11 is 5.70. The summed E-state index contributed by atoms with van der Waals surface area (Å²) in [5.41, 5.74) is 1.97. The average molecular weight is 462 g/mol. The van der Waals surface area contributed by atoms with Crippen LogP contribution in [0.25, 0.3) is 0 Å². The Kier molecular flexibility index (Phi) is 5.97. The lowest BCUT2D eigenvalue weighted by molar-refractivity contribution is 0.599. The van der Waals surface area contributed by atoms with Gasteiger partial charge in [0.25, 0.3) is 10.0 Å². The third-order valence-electron chi connectivity index (χ3n) is 4.84. The van der Waals surface area contributed by atoms with Crippen LogP contribution in [0.4, 0.5) is 27.5 Å². The van der Waals surface area contributed by atoms with Crippen molar-refractivity contribution in [2.75, 3.05) is 28.0 Å². The lowest BCUT2D eigenvalue weighted by Crippen LogP contribution is -2.21. The van der Waals surface area contributed by atoms with Crippen LogP contribution in [0.1, 0.15) is 18.5 Å². The van der Waals surface area contributed by atoms with Crippen LogP contribution in [0.5, 0.6) is 0 Å². The molecule has 2 aromatic carbocycles. The lowest BCUT2D eigenvalue weighted by atomic mass is 10.3. The summed E-state index contributed by atoms with van der Waals surface area (Å²) in [5.74, 6) is 0.704. The quantitative estimate of drug-likeness (QED) is 0.552. The van der Waals surface area contributed by atoms with Crippen molar-refractivity contribution >= 4 is 44.8 Å². The SMILES string of the molecule is Cc1cc(Nc2ccc(NS(=O)(=O)c3ccc(F)c(Cl)c3)cc2)nc(N2CCCC2)n1. The molecule has 2 N–H and O–H groups in total. The van der Waals surface area contributed by atoms with Gasteiger partial charge >= 0.3 is 0 Å². The lowest BCUT2D eigenvalue weighted by Gasteiger charge is -2.17. The predicted octanol–water partition coefficient (Wildman–Crippen LogP) is 4.72. The fourth-order valence-corrected chi connectivity index (χ4v) is 4.63. The average Bonchev–Trinajstić information content (AvgIpc) is 3.26. The summed E-state index contributed by atoms with van der Waals surface area (Å²) in [5, 5.41) is 2.98. The molecule has 1 aliphatic heterocycles. The highest BCUT2D eigenvalue weighted by atomic mass is 35.5. The van der Waals surface area contributed by atoms with Gasteiger partial charge in [-0.15, -0.1) is 0 Å². The molecule has 0 radical (unpaired) electrons. The van der Waals surface area contributed by atoms with Crippen LogP contribution < -0.4 is 14.9 Å². The molecule has 2 heterocycles. The second-order valence-electron chi connectivity index (χ2n) is 7.27. The molecule has 1 saturated heterocycles. The van der Waals surface area contributed by atoms with Gasteiger partial charge in [0.1, 0.15) is 11.6 Å². The van der Waals surface area contributed by atoms with Gasteiger partial charge in [0.2, 0.25) is 5.95 Å². The molecule has 1 aliphatic rings. The Morgan fingerprint density at radius 1 is 1.00 bits per heavy atom. The number of nitrogens with one attached hydrogen (secondary N) is 2. The van der Waals surface area contributed by atoms with Crippen LogP contribution in [0.3, 0.4) is 0 Å². The van der Waals surface area contributed by atoms with Gasteiger partial charge < -0.3 is 10.2 Å². The number of hydrogen-bond donors (Lipinski definition) is 2. The monoisotopic (exact) mass is 461 g/mol. The van der Waals surface area contributed by atoms with Gasteiger partial charge in [-0.2, -0.15) is 4.98 Å². The molecule has 0 unspecified atom stereocenters. The number of hydrogen-bond acceptors (Lipinski definition) is 6. The van der Waals surface area contributed by atoms with E-state index in [2.05, 4.69) is 24.9 Å². The third kappa shape index (κ3) is 5.05. The van der Waals surface area contributed by atoms with Gasteiger partial charge in [0.15, 0.2) is 0 Å². The van der Waals surface area contributed by atoms with E-state index in [0.29, 0.717) is 17.5 Å². The molecule has 3 aromatic rings. The van der Waals surface area contributed by atoms with Crippen LogP contribution in [0, 0.1) is 12.7 Å². The first kappa shape index (κ1) is 21.3. The first-order chi connectivity index (χ1) is 14.8. The highest BCUT2D eigenvalue weighted by Crippen LogP contribution is 2.24. The first-order valence-corrected chi connectivity index (χ1v) is 11.6. The molecule has 0 saturated carbocycles. The Morgan fingerprint density at radius 3 is 2.35 bits per heavy atom. The third-order valence-corrected chi connectivity index (χ3v) is 6.51. The number of halogens is 2. The maximum absolute atomic E-state index is 13.3. The Labute approximate surface area is 185 Å². The molecule has 0 aliphatic carbocycles. The summed E-state index contributed by atoms with van der Waals surface area (Å²) < 4.78 is 40.8. The molecule has 1 aromatic heterocycles. The molecule has 0 bridgehead atoms. The number of aryl methyl sites for hydroxylation is 1. The Balaban J connectivity index is 1.48. The van der Waals surface area contributed by atoms with Crippen LogP contribution in [0.2, 0.25) is 5.02 Å². The van der Waals surface area contributed by atoms with Crippen LogP contribution in [-0.4, -0.2) is 31.5 Å². The highest BCUT2D eigenvalue weighted by molar-refractivity contribution is 7.92. The van der Waals surface area contributed by atoms with E-state index in [4.69, 9.17) is 11.6 Å². The van der Waals surface area contributed by atoms with E-state index in [1.54, 1.807) is 24.3 Å². The molecule has 0 spiro atoms. The summed E-state index contributed by atoms with van der Waals surface area (Å²) in [6.07, 6.45) is 2.28. The van der Waals surface area contributed by atoms with Crippen molar-refractivity contribution in [3.63, 3.8) is 0 Å². The topological polar surface area (TPSA) is 87.2 Å². The van der Waals surface area contributed by atoms with Gasteiger partial charge in [-0.1, -0.05) is 11.6 Å². The molecular formula is C21H21ClFN5O2S. The minimum absolute atomic E-state index is 0.119. The van der Waals surface area contributed by atoms with Crippen molar-refractivity contribution < 1.29 is 12.8 Å². The largest absolute Gasteiger partial charge is 0.341 e. The standard InChI is InChI=1S/C21H21ClFN5O2S/c1-14-12-20(26-21(24-14)28-10-2-3-11-28)25-15-4-6-16(7-5-15)27-31(29,30)17-8-9-19(23)18(22)13-17/h4-9,12-13,27H,2-3,10-11H2,1H3,(H,24,25,26). The number of nitrogens with zero attached hydrogens (tertiary/aromatic N) is 3. The van der Waals surface area contributed by atoms with Gasteiger partial charge in [-0.25, -0.2) is 17.8 Å². The molecule has 162 valence electrons. The van der Waals surface area contributed by atoms with Crippen molar-refractivity contribution in [3.05, 3.63) is 65.1 Å². The van der Waals surface area contributed by atoms with Crippen molar-refractivity contribution in [1.29, 1.82) is 0 Å². The summed E-state index contributed by atoms with van der Waals surface area (Å²) in [4.78, 5) is 11.2. The molecule has 7 nitrogen and oxygen atoms in total. The van der Waals surface area contributed by atoms with E-state index in [0.717, 1.165) is 55.5 Å². The summed E-state index contributed by atoms with van der Waals surface area (Å²) in [6.45, 7) is 3.83. The molecule has 0 amide bonds. The molecule has 4 rings (SSSR count). The van der Waals surface area contributed by atoms with Crippen LogP contribution in [0.15, 0.2) is 53.4 Å². The van der Waals surface area contributed by atoms with Crippen molar-refractivity contribution in [1.82, 2.24) is 9.97 Å². The van der Waals surface area contributed by atoms with Crippen molar-refractivity contribution in [3.8, 4) is 0 Å². The van der Waals surface area contributed by atoms with Gasteiger partial charge in [0.05, 0.1) is 9.92 Å². The maximum Gasteiger partial charge on any atom is 0.261 e. The van der Waals surface area contributed by atoms with Crippen LogP contribution in [-0.2, 0) is 10.0 Å². The maximum atomic E-state index is 13.3. The van der Waals surface area contributed by atoms with E-state index in [-0.39, 0.29) is 9.92 Å². The minimum Gasteiger partial charge on any atom is -0.341 e. The van der Waals surface area contributed by atoms with E-state index in [1.165, 1.54) is 0 Å². The molecule has 31 heavy (non-hydrogen) atoms. The summed E-state index contributed by atoms with van der Waals surface area (Å²) in [6, 6.07) is 11.8. The minimum atomic E-state index is -3.89. The number of anilines is 4. The second-order valence-corrected chi connectivity index (χ2v) is 9.36. The van der Waals surface area contributed by atoms with E-state index in [9.17, 15) is 12.8 Å². The normalized spacial score (nSPS) is 14.0. The Morgan fingerprint density at radius 2 is 1.68 bits per heavy atom. The molecular weight excluding hydrogens is 441 g/mol. The highest BCUT2D eigenvalue weighted by Gasteiger charge is 2.17. The number of benzene rings is 2.